The molecule has 2 aliphatic rings. The Morgan fingerprint density at radius 3 is 2.57 bits per heavy atom. The molecule has 0 amide bonds. The second-order valence-corrected chi connectivity index (χ2v) is 7.94. The number of benzene rings is 1. The molecule has 1 heterocycles. The van der Waals surface area contributed by atoms with Gasteiger partial charge in [0.1, 0.15) is 0 Å². The van der Waals surface area contributed by atoms with E-state index in [1.54, 1.807) is 4.31 Å². The third-order valence-electron chi connectivity index (χ3n) is 4.95. The molecule has 0 aromatic heterocycles. The van der Waals surface area contributed by atoms with Crippen LogP contribution in [0.25, 0.3) is 0 Å². The maximum Gasteiger partial charge on any atom is 0.279 e. The van der Waals surface area contributed by atoms with E-state index in [1.807, 2.05) is 6.07 Å². The quantitative estimate of drug-likeness (QED) is 0.933. The molecule has 1 aliphatic carbocycles. The van der Waals surface area contributed by atoms with Gasteiger partial charge in [-0.1, -0.05) is 43.5 Å². The lowest BCUT2D eigenvalue weighted by Gasteiger charge is -2.41. The molecule has 116 valence electrons. The molecule has 1 N–H and O–H groups in total. The summed E-state index contributed by atoms with van der Waals surface area (Å²) < 4.78 is 29.1. The lowest BCUT2D eigenvalue weighted by Crippen LogP contribution is -2.47. The van der Waals surface area contributed by atoms with Gasteiger partial charge in [-0.2, -0.15) is 12.7 Å². The van der Waals surface area contributed by atoms with Crippen LogP contribution >= 0.6 is 0 Å². The van der Waals surface area contributed by atoms with E-state index in [1.165, 1.54) is 37.4 Å². The van der Waals surface area contributed by atoms with Gasteiger partial charge in [-0.25, -0.2) is 4.72 Å². The summed E-state index contributed by atoms with van der Waals surface area (Å²) >= 11 is 0. The van der Waals surface area contributed by atoms with Gasteiger partial charge >= 0.3 is 0 Å². The van der Waals surface area contributed by atoms with Gasteiger partial charge in [0.25, 0.3) is 10.2 Å². The van der Waals surface area contributed by atoms with Gasteiger partial charge in [-0.05, 0) is 36.3 Å². The van der Waals surface area contributed by atoms with Crippen molar-refractivity contribution in [3.05, 3.63) is 35.4 Å². The average Bonchev–Trinajstić information content (AvgIpc) is 2.54. The first-order valence-electron chi connectivity index (χ1n) is 7.91. The minimum atomic E-state index is -3.38. The summed E-state index contributed by atoms with van der Waals surface area (Å²) in [5, 5.41) is 0. The van der Waals surface area contributed by atoms with Crippen LogP contribution in [-0.2, 0) is 16.6 Å². The van der Waals surface area contributed by atoms with Crippen LogP contribution in [0.15, 0.2) is 24.3 Å². The molecular weight excluding hydrogens is 284 g/mol. The lowest BCUT2D eigenvalue weighted by atomic mass is 9.78. The summed E-state index contributed by atoms with van der Waals surface area (Å²) in [5.74, 6) is 0.448. The van der Waals surface area contributed by atoms with Crippen LogP contribution in [0.1, 0.15) is 49.3 Å². The van der Waals surface area contributed by atoms with Crippen molar-refractivity contribution in [2.24, 2.45) is 5.92 Å². The van der Waals surface area contributed by atoms with E-state index >= 15 is 0 Å². The zero-order valence-electron chi connectivity index (χ0n) is 12.6. The first kappa shape index (κ1) is 15.0. The maximum absolute atomic E-state index is 12.4. The van der Waals surface area contributed by atoms with E-state index in [2.05, 4.69) is 22.9 Å². The van der Waals surface area contributed by atoms with Crippen LogP contribution in [0.3, 0.4) is 0 Å². The first-order valence-corrected chi connectivity index (χ1v) is 9.35. The zero-order valence-corrected chi connectivity index (χ0v) is 13.4. The highest BCUT2D eigenvalue weighted by Crippen LogP contribution is 2.42. The van der Waals surface area contributed by atoms with E-state index < -0.39 is 10.2 Å². The van der Waals surface area contributed by atoms with Gasteiger partial charge in [0, 0.05) is 13.6 Å². The maximum atomic E-state index is 12.4. The van der Waals surface area contributed by atoms with E-state index in [9.17, 15) is 8.42 Å². The van der Waals surface area contributed by atoms with Crippen molar-refractivity contribution in [3.8, 4) is 0 Å². The smallest absolute Gasteiger partial charge is 0.205 e. The largest absolute Gasteiger partial charge is 0.279 e. The SMILES string of the molecule is CNS(=O)(=O)N1CCc2ccccc2C1C1CCCCC1. The Hall–Kier alpha value is -0.910. The Balaban J connectivity index is 2.02. The molecule has 3 rings (SSSR count). The Kier molecular flexibility index (Phi) is 4.33. The van der Waals surface area contributed by atoms with Crippen LogP contribution in [-0.4, -0.2) is 26.3 Å². The van der Waals surface area contributed by atoms with Crippen molar-refractivity contribution in [1.29, 1.82) is 0 Å². The van der Waals surface area contributed by atoms with Gasteiger partial charge < -0.3 is 0 Å². The summed E-state index contributed by atoms with van der Waals surface area (Å²) in [4.78, 5) is 0. The predicted octanol–water partition coefficient (Wildman–Crippen LogP) is 2.63. The van der Waals surface area contributed by atoms with E-state index in [-0.39, 0.29) is 6.04 Å². The van der Waals surface area contributed by atoms with Gasteiger partial charge in [-0.3, -0.25) is 0 Å². The van der Waals surface area contributed by atoms with E-state index in [4.69, 9.17) is 0 Å². The summed E-state index contributed by atoms with van der Waals surface area (Å²) in [6, 6.07) is 8.36. The van der Waals surface area contributed by atoms with Crippen LogP contribution in [0.5, 0.6) is 0 Å². The summed E-state index contributed by atoms with van der Waals surface area (Å²) in [6.45, 7) is 0.585. The average molecular weight is 308 g/mol. The molecule has 1 aromatic carbocycles. The number of hydrogen-bond donors (Lipinski definition) is 1. The highest BCUT2D eigenvalue weighted by Gasteiger charge is 2.39. The molecular formula is C16H24N2O2S. The van der Waals surface area contributed by atoms with Gasteiger partial charge in [0.15, 0.2) is 0 Å². The van der Waals surface area contributed by atoms with Gasteiger partial charge in [0.05, 0.1) is 6.04 Å². The zero-order chi connectivity index (χ0) is 14.9. The number of nitrogens with one attached hydrogen (secondary N) is 1. The number of nitrogens with zero attached hydrogens (tertiary/aromatic N) is 1. The molecule has 1 aromatic rings. The minimum Gasteiger partial charge on any atom is -0.205 e. The van der Waals surface area contributed by atoms with Crippen LogP contribution in [0.4, 0.5) is 0 Å². The normalized spacial score (nSPS) is 24.7. The lowest BCUT2D eigenvalue weighted by molar-refractivity contribution is 0.182. The van der Waals surface area contributed by atoms with Crippen molar-refractivity contribution in [3.63, 3.8) is 0 Å². The molecule has 0 bridgehead atoms. The molecule has 0 radical (unpaired) electrons. The third kappa shape index (κ3) is 2.87. The summed E-state index contributed by atoms with van der Waals surface area (Å²) in [7, 11) is -1.87. The van der Waals surface area contributed by atoms with Crippen molar-refractivity contribution in [2.75, 3.05) is 13.6 Å². The van der Waals surface area contributed by atoms with E-state index in [0.29, 0.717) is 12.5 Å². The van der Waals surface area contributed by atoms with E-state index in [0.717, 1.165) is 19.3 Å². The molecule has 1 saturated carbocycles. The van der Waals surface area contributed by atoms with Crippen molar-refractivity contribution < 1.29 is 8.42 Å². The Bertz CT molecular complexity index is 594. The second-order valence-electron chi connectivity index (χ2n) is 6.11. The molecule has 1 aliphatic heterocycles. The second kappa shape index (κ2) is 6.07. The number of hydrogen-bond acceptors (Lipinski definition) is 2. The highest BCUT2D eigenvalue weighted by molar-refractivity contribution is 7.87. The molecule has 0 saturated heterocycles. The standard InChI is InChI=1S/C16H24N2O2S/c1-17-21(19,20)18-12-11-13-7-5-6-10-15(13)16(18)14-8-3-2-4-9-14/h5-7,10,14,16-17H,2-4,8-9,11-12H2,1H3. The van der Waals surface area contributed by atoms with Gasteiger partial charge in [-0.15, -0.1) is 0 Å². The fourth-order valence-electron chi connectivity index (χ4n) is 3.90. The molecule has 21 heavy (non-hydrogen) atoms. The van der Waals surface area contributed by atoms with Crippen LogP contribution in [0, 0.1) is 5.92 Å². The monoisotopic (exact) mass is 308 g/mol. The fraction of sp³-hybridized carbons (Fsp3) is 0.625. The Labute approximate surface area is 127 Å². The Morgan fingerprint density at radius 1 is 1.14 bits per heavy atom. The van der Waals surface area contributed by atoms with Crippen LogP contribution in [0.2, 0.25) is 0 Å². The summed E-state index contributed by atoms with van der Waals surface area (Å²) in [5.41, 5.74) is 2.53. The molecule has 0 spiro atoms. The number of rotatable bonds is 3. The van der Waals surface area contributed by atoms with Crippen molar-refractivity contribution in [2.45, 2.75) is 44.6 Å². The number of fused-ring (bicyclic) bond motifs is 1. The summed E-state index contributed by atoms with van der Waals surface area (Å²) in [6.07, 6.45) is 6.79. The molecule has 1 atom stereocenters. The Morgan fingerprint density at radius 2 is 1.86 bits per heavy atom. The third-order valence-corrected chi connectivity index (χ3v) is 6.49. The molecule has 1 fully saturated rings. The van der Waals surface area contributed by atoms with Gasteiger partial charge in [0.2, 0.25) is 0 Å². The topological polar surface area (TPSA) is 49.4 Å². The predicted molar refractivity (Wildman–Crippen MR) is 84.1 cm³/mol. The first-order chi connectivity index (χ1) is 10.1. The molecule has 1 unspecified atom stereocenters. The fourth-order valence-corrected chi connectivity index (χ4v) is 5.05. The minimum absolute atomic E-state index is 0.00713. The molecule has 5 heteroatoms. The van der Waals surface area contributed by atoms with Crippen molar-refractivity contribution in [1.82, 2.24) is 9.03 Å². The van der Waals surface area contributed by atoms with Crippen LogP contribution < -0.4 is 4.72 Å². The highest BCUT2D eigenvalue weighted by atomic mass is 32.2. The molecule has 4 nitrogen and oxygen atoms in total. The van der Waals surface area contributed by atoms with Crippen molar-refractivity contribution >= 4 is 10.2 Å².